The van der Waals surface area contributed by atoms with Crippen LogP contribution in [0.15, 0.2) is 12.7 Å². The Kier molecular flexibility index (Phi) is 4.27. The second kappa shape index (κ2) is 5.76. The van der Waals surface area contributed by atoms with Gasteiger partial charge < -0.3 is 9.80 Å². The van der Waals surface area contributed by atoms with E-state index in [-0.39, 0.29) is 18.4 Å². The van der Waals surface area contributed by atoms with Gasteiger partial charge >= 0.3 is 0 Å². The molecule has 1 aliphatic carbocycles. The lowest BCUT2D eigenvalue weighted by atomic mass is 9.73. The maximum absolute atomic E-state index is 12.2. The molecule has 1 aliphatic heterocycles. The Labute approximate surface area is 115 Å². The fourth-order valence-corrected chi connectivity index (χ4v) is 3.39. The number of amides is 2. The summed E-state index contributed by atoms with van der Waals surface area (Å²) in [5.74, 6) is -0.125. The van der Waals surface area contributed by atoms with E-state index in [0.717, 1.165) is 19.5 Å². The molecule has 0 atom stereocenters. The molecule has 1 saturated carbocycles. The Balaban J connectivity index is 1.88. The molecule has 0 aromatic heterocycles. The molecule has 2 rings (SSSR count). The van der Waals surface area contributed by atoms with E-state index in [4.69, 9.17) is 0 Å². The van der Waals surface area contributed by atoms with Crippen LogP contribution in [-0.4, -0.2) is 48.3 Å². The lowest BCUT2D eigenvalue weighted by Crippen LogP contribution is -2.40. The highest BCUT2D eigenvalue weighted by atomic mass is 16.2. The molecule has 106 valence electrons. The van der Waals surface area contributed by atoms with Crippen LogP contribution in [0.4, 0.5) is 0 Å². The average molecular weight is 264 g/mol. The maximum atomic E-state index is 12.2. The third-order valence-corrected chi connectivity index (χ3v) is 4.63. The Morgan fingerprint density at radius 1 is 1.26 bits per heavy atom. The Morgan fingerprint density at radius 2 is 1.95 bits per heavy atom. The number of rotatable bonds is 3. The summed E-state index contributed by atoms with van der Waals surface area (Å²) in [6, 6.07) is 0. The van der Waals surface area contributed by atoms with Crippen LogP contribution in [0, 0.1) is 5.41 Å². The molecule has 0 aromatic rings. The standard InChI is InChI=1S/C15H24N2O2/c1-3-13(18)16(2)11-14(19)17-10-9-15(12-17)7-5-4-6-8-15/h3H,1,4-12H2,2H3. The summed E-state index contributed by atoms with van der Waals surface area (Å²) in [7, 11) is 1.65. The van der Waals surface area contributed by atoms with Gasteiger partial charge in [-0.05, 0) is 30.8 Å². The van der Waals surface area contributed by atoms with Gasteiger partial charge in [-0.3, -0.25) is 9.59 Å². The lowest BCUT2D eigenvalue weighted by Gasteiger charge is -2.33. The highest BCUT2D eigenvalue weighted by Gasteiger charge is 2.40. The van der Waals surface area contributed by atoms with Crippen LogP contribution in [-0.2, 0) is 9.59 Å². The number of carbonyl (C=O) groups is 2. The van der Waals surface area contributed by atoms with Crippen LogP contribution in [0.25, 0.3) is 0 Å². The smallest absolute Gasteiger partial charge is 0.246 e. The Hall–Kier alpha value is -1.32. The minimum atomic E-state index is -0.195. The largest absolute Gasteiger partial charge is 0.341 e. The monoisotopic (exact) mass is 264 g/mol. The van der Waals surface area contributed by atoms with E-state index in [9.17, 15) is 9.59 Å². The number of likely N-dealkylation sites (tertiary alicyclic amines) is 1. The number of carbonyl (C=O) groups excluding carboxylic acids is 2. The minimum Gasteiger partial charge on any atom is -0.341 e. The summed E-state index contributed by atoms with van der Waals surface area (Å²) in [6.07, 6.45) is 8.86. The molecule has 0 N–H and O–H groups in total. The van der Waals surface area contributed by atoms with Crippen LogP contribution >= 0.6 is 0 Å². The van der Waals surface area contributed by atoms with Gasteiger partial charge in [0.05, 0.1) is 6.54 Å². The number of likely N-dealkylation sites (N-methyl/N-ethyl adjacent to an activating group) is 1. The predicted molar refractivity (Wildman–Crippen MR) is 74.5 cm³/mol. The zero-order valence-corrected chi connectivity index (χ0v) is 11.9. The molecule has 1 spiro atoms. The highest BCUT2D eigenvalue weighted by molar-refractivity contribution is 5.90. The molecule has 0 radical (unpaired) electrons. The summed E-state index contributed by atoms with van der Waals surface area (Å²) >= 11 is 0. The van der Waals surface area contributed by atoms with Crippen molar-refractivity contribution in [3.8, 4) is 0 Å². The molecule has 0 unspecified atom stereocenters. The molecule has 4 heteroatoms. The third-order valence-electron chi connectivity index (χ3n) is 4.63. The quantitative estimate of drug-likeness (QED) is 0.729. The predicted octanol–water partition coefficient (Wildman–Crippen LogP) is 1.81. The molecule has 0 aromatic carbocycles. The van der Waals surface area contributed by atoms with Crippen molar-refractivity contribution in [3.63, 3.8) is 0 Å². The van der Waals surface area contributed by atoms with Crippen molar-refractivity contribution in [2.75, 3.05) is 26.7 Å². The normalized spacial score (nSPS) is 21.4. The molecular formula is C15H24N2O2. The molecule has 4 nitrogen and oxygen atoms in total. The van der Waals surface area contributed by atoms with Crippen molar-refractivity contribution in [1.82, 2.24) is 9.80 Å². The van der Waals surface area contributed by atoms with Crippen LogP contribution in [0.3, 0.4) is 0 Å². The summed E-state index contributed by atoms with van der Waals surface area (Å²) in [4.78, 5) is 27.0. The number of nitrogens with zero attached hydrogens (tertiary/aromatic N) is 2. The number of hydrogen-bond donors (Lipinski definition) is 0. The van der Waals surface area contributed by atoms with E-state index < -0.39 is 0 Å². The van der Waals surface area contributed by atoms with Gasteiger partial charge in [-0.2, -0.15) is 0 Å². The van der Waals surface area contributed by atoms with Crippen molar-refractivity contribution in [2.45, 2.75) is 38.5 Å². The Morgan fingerprint density at radius 3 is 2.58 bits per heavy atom. The van der Waals surface area contributed by atoms with Gasteiger partial charge in [-0.1, -0.05) is 25.8 Å². The van der Waals surface area contributed by atoms with Gasteiger partial charge in [0.15, 0.2) is 0 Å². The first-order chi connectivity index (χ1) is 9.06. The van der Waals surface area contributed by atoms with E-state index in [1.54, 1.807) is 7.05 Å². The Bertz CT molecular complexity index is 372. The fourth-order valence-electron chi connectivity index (χ4n) is 3.39. The second-order valence-electron chi connectivity index (χ2n) is 6.02. The molecule has 0 bridgehead atoms. The van der Waals surface area contributed by atoms with Gasteiger partial charge in [0.25, 0.3) is 0 Å². The van der Waals surface area contributed by atoms with E-state index in [0.29, 0.717) is 5.41 Å². The molecule has 2 aliphatic rings. The van der Waals surface area contributed by atoms with E-state index in [1.807, 2.05) is 4.90 Å². The van der Waals surface area contributed by atoms with Gasteiger partial charge in [0.2, 0.25) is 11.8 Å². The van der Waals surface area contributed by atoms with E-state index >= 15 is 0 Å². The zero-order valence-electron chi connectivity index (χ0n) is 11.9. The molecule has 2 amide bonds. The van der Waals surface area contributed by atoms with Crippen molar-refractivity contribution in [3.05, 3.63) is 12.7 Å². The van der Waals surface area contributed by atoms with Gasteiger partial charge in [-0.15, -0.1) is 0 Å². The maximum Gasteiger partial charge on any atom is 0.246 e. The summed E-state index contributed by atoms with van der Waals surface area (Å²) in [5.41, 5.74) is 0.384. The number of hydrogen-bond acceptors (Lipinski definition) is 2. The highest BCUT2D eigenvalue weighted by Crippen LogP contribution is 2.43. The summed E-state index contributed by atoms with van der Waals surface area (Å²) < 4.78 is 0. The van der Waals surface area contributed by atoms with Gasteiger partial charge in [0, 0.05) is 20.1 Å². The minimum absolute atomic E-state index is 0.0696. The first kappa shape index (κ1) is 14.1. The zero-order chi connectivity index (χ0) is 13.9. The molecule has 19 heavy (non-hydrogen) atoms. The van der Waals surface area contributed by atoms with Crippen molar-refractivity contribution in [1.29, 1.82) is 0 Å². The van der Waals surface area contributed by atoms with Crippen molar-refractivity contribution in [2.24, 2.45) is 5.41 Å². The van der Waals surface area contributed by atoms with E-state index in [1.165, 1.54) is 43.1 Å². The summed E-state index contributed by atoms with van der Waals surface area (Å²) in [5, 5.41) is 0. The average Bonchev–Trinajstić information content (AvgIpc) is 2.82. The SMILES string of the molecule is C=CC(=O)N(C)CC(=O)N1CCC2(CCCCC2)C1. The molecule has 1 saturated heterocycles. The van der Waals surface area contributed by atoms with Gasteiger partial charge in [0.1, 0.15) is 0 Å². The fraction of sp³-hybridized carbons (Fsp3) is 0.733. The second-order valence-corrected chi connectivity index (χ2v) is 6.02. The summed E-state index contributed by atoms with van der Waals surface area (Å²) in [6.45, 7) is 5.35. The van der Waals surface area contributed by atoms with Crippen molar-refractivity contribution < 1.29 is 9.59 Å². The van der Waals surface area contributed by atoms with Crippen molar-refractivity contribution >= 4 is 11.8 Å². The molecule has 2 fully saturated rings. The van der Waals surface area contributed by atoms with Crippen LogP contribution in [0.1, 0.15) is 38.5 Å². The lowest BCUT2D eigenvalue weighted by molar-refractivity contribution is -0.136. The first-order valence-electron chi connectivity index (χ1n) is 7.22. The van der Waals surface area contributed by atoms with Crippen LogP contribution in [0.5, 0.6) is 0 Å². The molecular weight excluding hydrogens is 240 g/mol. The topological polar surface area (TPSA) is 40.6 Å². The van der Waals surface area contributed by atoms with Crippen LogP contribution in [0.2, 0.25) is 0 Å². The van der Waals surface area contributed by atoms with Gasteiger partial charge in [-0.25, -0.2) is 0 Å². The van der Waals surface area contributed by atoms with Crippen LogP contribution < -0.4 is 0 Å². The van der Waals surface area contributed by atoms with E-state index in [2.05, 4.69) is 6.58 Å². The third kappa shape index (κ3) is 3.17. The first-order valence-corrected chi connectivity index (χ1v) is 7.22. The molecule has 1 heterocycles.